The number of fused-ring (bicyclic) bond motifs is 6. The van der Waals surface area contributed by atoms with Gasteiger partial charge in [-0.25, -0.2) is 4.79 Å². The van der Waals surface area contributed by atoms with Crippen LogP contribution in [0.2, 0.25) is 0 Å². The van der Waals surface area contributed by atoms with Crippen molar-refractivity contribution in [3.63, 3.8) is 0 Å². The molecule has 0 radical (unpaired) electrons. The maximum atomic E-state index is 15.4. The van der Waals surface area contributed by atoms with Crippen LogP contribution in [0.3, 0.4) is 0 Å². The maximum Gasteiger partial charge on any atom is 0.344 e. The van der Waals surface area contributed by atoms with Gasteiger partial charge in [-0.1, -0.05) is 44.2 Å². The molecule has 3 aromatic rings. The molecule has 1 aromatic heterocycles. The number of piperidine rings is 1. The first-order valence-corrected chi connectivity index (χ1v) is 21.7. The van der Waals surface area contributed by atoms with Gasteiger partial charge in [-0.05, 0) is 87.2 Å². The van der Waals surface area contributed by atoms with Crippen LogP contribution in [0.15, 0.2) is 48.6 Å². The van der Waals surface area contributed by atoms with Gasteiger partial charge in [0.1, 0.15) is 11.2 Å². The number of benzene rings is 2. The zero-order valence-corrected chi connectivity index (χ0v) is 36.0. The molecule has 1 saturated carbocycles. The number of likely N-dealkylation sites (N-methyl/N-ethyl adjacent to an activating group) is 1. The molecule has 3 N–H and O–H groups in total. The third-order valence-electron chi connectivity index (χ3n) is 15.8. The van der Waals surface area contributed by atoms with Gasteiger partial charge in [0.05, 0.1) is 33.0 Å². The van der Waals surface area contributed by atoms with Crippen molar-refractivity contribution in [2.75, 3.05) is 66.0 Å². The van der Waals surface area contributed by atoms with Crippen molar-refractivity contribution < 1.29 is 43.5 Å². The number of anilines is 1. The van der Waals surface area contributed by atoms with Gasteiger partial charge in [-0.2, -0.15) is 0 Å². The fourth-order valence-corrected chi connectivity index (χ4v) is 13.7. The molecule has 0 amide bonds. The number of carbonyl (C=O) groups excluding carboxylic acids is 3. The standard InChI is InChI=1S/C47H60N4O9/c1-8-43(55)24-29-25-46(41(53)58-6,37-31(15-12-19-50(26-29)27-43)30-14-10-11-16-34(30)48-37)33-22-32-35(23-36(33)57-5)49(4)39-45(32)18-21-51-20-13-17-44(9-2,38(45)51)40(60-28(3)52)47(39,56)42(54)59-7/h10-11,13-14,16-17,22-23,29,38-40,48,55-56H,8-9,12,15,18-21,24-27H2,1-7H3/t29-,38-,39?,40-,43?,44-,45-,46+,47-/m1/s1. The Bertz CT molecular complexity index is 2270. The molecule has 10 atom stereocenters. The summed E-state index contributed by atoms with van der Waals surface area (Å²) in [5, 5.41) is 26.4. The van der Waals surface area contributed by atoms with E-state index in [4.69, 9.17) is 18.9 Å². The average molecular weight is 825 g/mol. The van der Waals surface area contributed by atoms with Gasteiger partial charge in [-0.15, -0.1) is 0 Å². The van der Waals surface area contributed by atoms with E-state index in [1.165, 1.54) is 21.1 Å². The monoisotopic (exact) mass is 824 g/mol. The van der Waals surface area contributed by atoms with E-state index in [1.807, 2.05) is 50.1 Å². The number of hydrogen-bond acceptors (Lipinski definition) is 12. The molecule has 60 heavy (non-hydrogen) atoms. The fraction of sp³-hybridized carbons (Fsp3) is 0.596. The molecular formula is C47H60N4O9. The second-order valence-corrected chi connectivity index (χ2v) is 18.6. The molecule has 6 aliphatic rings. The molecule has 5 aliphatic heterocycles. The SMILES string of the molecule is CCC1(O)C[C@H]2CN(CCCc3c([nH]c4ccccc34)[C@@](C(=O)OC)(c3cc4c(cc3OC)N(C)C3[C@](O)(C(=O)OC)[C@H](OC(C)=O)[C@]5(CC)C=CCN6CC[C@]43[C@H]65)C2)C1. The van der Waals surface area contributed by atoms with E-state index in [-0.39, 0.29) is 12.0 Å². The third kappa shape index (κ3) is 5.34. The third-order valence-corrected chi connectivity index (χ3v) is 15.8. The lowest BCUT2D eigenvalue weighted by atomic mass is 9.47. The second kappa shape index (κ2) is 14.3. The number of carbonyl (C=O) groups is 3. The Labute approximate surface area is 352 Å². The van der Waals surface area contributed by atoms with Gasteiger partial charge in [0.2, 0.25) is 5.60 Å². The Morgan fingerprint density at radius 1 is 0.950 bits per heavy atom. The summed E-state index contributed by atoms with van der Waals surface area (Å²) in [4.78, 5) is 53.3. The predicted molar refractivity (Wildman–Crippen MR) is 225 cm³/mol. The molecule has 3 fully saturated rings. The van der Waals surface area contributed by atoms with Crippen LogP contribution in [0.25, 0.3) is 10.9 Å². The second-order valence-electron chi connectivity index (χ2n) is 18.6. The van der Waals surface area contributed by atoms with E-state index >= 15 is 4.79 Å². The number of aliphatic hydroxyl groups is 2. The van der Waals surface area contributed by atoms with E-state index in [9.17, 15) is 19.8 Å². The molecule has 13 heteroatoms. The Hall–Kier alpha value is -4.43. The van der Waals surface area contributed by atoms with Crippen molar-refractivity contribution in [3.05, 3.63) is 70.9 Å². The minimum absolute atomic E-state index is 0.103. The van der Waals surface area contributed by atoms with Crippen LogP contribution in [0.1, 0.15) is 81.7 Å². The molecular weight excluding hydrogens is 765 g/mol. The van der Waals surface area contributed by atoms with Crippen molar-refractivity contribution >= 4 is 34.5 Å². The van der Waals surface area contributed by atoms with Crippen molar-refractivity contribution in [2.24, 2.45) is 11.3 Å². The van der Waals surface area contributed by atoms with Crippen molar-refractivity contribution in [1.29, 1.82) is 0 Å². The zero-order valence-electron chi connectivity index (χ0n) is 36.0. The normalized spacial score (nSPS) is 36.8. The van der Waals surface area contributed by atoms with Crippen LogP contribution in [0, 0.1) is 11.3 Å². The van der Waals surface area contributed by atoms with Gasteiger partial charge >= 0.3 is 17.9 Å². The van der Waals surface area contributed by atoms with E-state index in [2.05, 4.69) is 39.1 Å². The topological polar surface area (TPSA) is 154 Å². The number of nitrogens with zero attached hydrogens (tertiary/aromatic N) is 3. The number of aromatic amines is 1. The number of ether oxygens (including phenoxy) is 4. The zero-order chi connectivity index (χ0) is 42.6. The highest BCUT2D eigenvalue weighted by molar-refractivity contribution is 5.95. The van der Waals surface area contributed by atoms with Gasteiger partial charge < -0.3 is 43.9 Å². The minimum Gasteiger partial charge on any atom is -0.496 e. The highest BCUT2D eigenvalue weighted by Gasteiger charge is 2.80. The smallest absolute Gasteiger partial charge is 0.344 e. The molecule has 322 valence electrons. The molecule has 1 aliphatic carbocycles. The Kier molecular flexibility index (Phi) is 9.77. The molecule has 2 bridgehead atoms. The summed E-state index contributed by atoms with van der Waals surface area (Å²) in [7, 11) is 6.17. The quantitative estimate of drug-likeness (QED) is 0.176. The summed E-state index contributed by atoms with van der Waals surface area (Å²) in [6.45, 7) is 8.77. The van der Waals surface area contributed by atoms with E-state index in [1.54, 1.807) is 7.11 Å². The first-order chi connectivity index (χ1) is 28.7. The molecule has 13 nitrogen and oxygen atoms in total. The van der Waals surface area contributed by atoms with Crippen molar-refractivity contribution in [1.82, 2.24) is 14.8 Å². The summed E-state index contributed by atoms with van der Waals surface area (Å²) in [5.41, 5.74) is -1.58. The van der Waals surface area contributed by atoms with Crippen LogP contribution >= 0.6 is 0 Å². The molecule has 1 spiro atoms. The Morgan fingerprint density at radius 2 is 1.72 bits per heavy atom. The number of rotatable bonds is 7. The largest absolute Gasteiger partial charge is 0.496 e. The average Bonchev–Trinajstić information content (AvgIpc) is 3.90. The van der Waals surface area contributed by atoms with Crippen LogP contribution < -0.4 is 9.64 Å². The van der Waals surface area contributed by atoms with Crippen LogP contribution in [0.4, 0.5) is 5.69 Å². The van der Waals surface area contributed by atoms with Crippen LogP contribution in [0.5, 0.6) is 5.75 Å². The summed E-state index contributed by atoms with van der Waals surface area (Å²) >= 11 is 0. The Morgan fingerprint density at radius 3 is 2.42 bits per heavy atom. The summed E-state index contributed by atoms with van der Waals surface area (Å²) < 4.78 is 24.0. The number of aryl methyl sites for hydroxylation is 1. The Balaban J connectivity index is 1.37. The van der Waals surface area contributed by atoms with E-state index < -0.39 is 57.5 Å². The molecule has 3 unspecified atom stereocenters. The lowest BCUT2D eigenvalue weighted by Gasteiger charge is -2.63. The van der Waals surface area contributed by atoms with Gasteiger partial charge in [0.25, 0.3) is 0 Å². The first-order valence-electron chi connectivity index (χ1n) is 21.7. The van der Waals surface area contributed by atoms with Crippen molar-refractivity contribution in [2.45, 2.75) is 106 Å². The number of nitrogens with one attached hydrogen (secondary N) is 1. The van der Waals surface area contributed by atoms with Crippen LogP contribution in [-0.4, -0.2) is 133 Å². The molecule has 6 heterocycles. The minimum atomic E-state index is -2.30. The fourth-order valence-electron chi connectivity index (χ4n) is 13.7. The molecule has 2 aromatic carbocycles. The van der Waals surface area contributed by atoms with Gasteiger partial charge in [0, 0.05) is 84.4 Å². The lowest BCUT2D eigenvalue weighted by Crippen LogP contribution is -2.81. The molecule has 2 saturated heterocycles. The van der Waals surface area contributed by atoms with E-state index in [0.29, 0.717) is 76.0 Å². The molecule has 9 rings (SSSR count). The summed E-state index contributed by atoms with van der Waals surface area (Å²) in [5.74, 6) is -1.56. The number of aromatic nitrogens is 1. The van der Waals surface area contributed by atoms with E-state index in [0.717, 1.165) is 46.4 Å². The van der Waals surface area contributed by atoms with Gasteiger partial charge in [0.15, 0.2) is 6.10 Å². The number of esters is 3. The van der Waals surface area contributed by atoms with Crippen molar-refractivity contribution in [3.8, 4) is 5.75 Å². The first kappa shape index (κ1) is 40.9. The van der Waals surface area contributed by atoms with Crippen LogP contribution in [-0.2, 0) is 45.8 Å². The highest BCUT2D eigenvalue weighted by Crippen LogP contribution is 2.68. The maximum absolute atomic E-state index is 15.4. The number of H-pyrrole nitrogens is 1. The predicted octanol–water partition coefficient (Wildman–Crippen LogP) is 4.38. The summed E-state index contributed by atoms with van der Waals surface area (Å²) in [6, 6.07) is 11.0. The highest BCUT2D eigenvalue weighted by atomic mass is 16.6. The summed E-state index contributed by atoms with van der Waals surface area (Å²) in [6.07, 6.45) is 6.84. The number of methoxy groups -OCH3 is 3. The van der Waals surface area contributed by atoms with Gasteiger partial charge in [-0.3, -0.25) is 14.5 Å². The number of hydrogen-bond donors (Lipinski definition) is 3. The number of para-hydroxylation sites is 1. The lowest BCUT2D eigenvalue weighted by molar-refractivity contribution is -0.228.